The zero-order valence-electron chi connectivity index (χ0n) is 20.2. The molecule has 1 atom stereocenters. The van der Waals surface area contributed by atoms with Crippen molar-refractivity contribution in [2.45, 2.75) is 38.5 Å². The van der Waals surface area contributed by atoms with E-state index in [0.717, 1.165) is 63.1 Å². The number of para-hydroxylation sites is 1. The molecule has 0 saturated carbocycles. The van der Waals surface area contributed by atoms with Crippen molar-refractivity contribution in [1.29, 1.82) is 0 Å². The SMILES string of the molecule is CCc1nn(-c2noc(C3CCN(C[C@H]4CCN(C(=O)COC)C4)CC3)n2)c2c(F)cccc12.Cl. The largest absolute Gasteiger partial charge is 0.375 e. The molecule has 5 rings (SSSR count). The van der Waals surface area contributed by atoms with Gasteiger partial charge in [-0.15, -0.1) is 12.4 Å². The van der Waals surface area contributed by atoms with Gasteiger partial charge >= 0.3 is 0 Å². The van der Waals surface area contributed by atoms with Crippen LogP contribution in [0.25, 0.3) is 16.9 Å². The second-order valence-corrected chi connectivity index (χ2v) is 9.28. The van der Waals surface area contributed by atoms with Gasteiger partial charge in [0.1, 0.15) is 17.9 Å². The Bertz CT molecular complexity index is 1160. The number of hydrogen-bond donors (Lipinski definition) is 0. The van der Waals surface area contributed by atoms with E-state index < -0.39 is 0 Å². The van der Waals surface area contributed by atoms with Crippen LogP contribution in [0.1, 0.15) is 43.7 Å². The molecule has 190 valence electrons. The highest BCUT2D eigenvalue weighted by atomic mass is 35.5. The number of amides is 1. The molecule has 1 aromatic carbocycles. The number of aryl methyl sites for hydroxylation is 1. The Morgan fingerprint density at radius 3 is 2.77 bits per heavy atom. The quantitative estimate of drug-likeness (QED) is 0.486. The molecule has 2 aliphatic rings. The van der Waals surface area contributed by atoms with E-state index >= 15 is 0 Å². The van der Waals surface area contributed by atoms with E-state index in [9.17, 15) is 9.18 Å². The van der Waals surface area contributed by atoms with Crippen molar-refractivity contribution < 1.29 is 18.4 Å². The van der Waals surface area contributed by atoms with Gasteiger partial charge in [-0.3, -0.25) is 4.79 Å². The number of likely N-dealkylation sites (tertiary alicyclic amines) is 2. The number of ether oxygens (including phenoxy) is 1. The van der Waals surface area contributed by atoms with Gasteiger partial charge in [-0.2, -0.15) is 14.8 Å². The predicted molar refractivity (Wildman–Crippen MR) is 130 cm³/mol. The average molecular weight is 507 g/mol. The minimum Gasteiger partial charge on any atom is -0.375 e. The van der Waals surface area contributed by atoms with Gasteiger partial charge in [0.15, 0.2) is 0 Å². The number of halogens is 2. The molecule has 0 N–H and O–H groups in total. The molecule has 9 nitrogen and oxygen atoms in total. The van der Waals surface area contributed by atoms with Crippen LogP contribution < -0.4 is 0 Å². The van der Waals surface area contributed by atoms with Gasteiger partial charge in [0.25, 0.3) is 5.95 Å². The van der Waals surface area contributed by atoms with Crippen LogP contribution in [0.2, 0.25) is 0 Å². The highest BCUT2D eigenvalue weighted by Crippen LogP contribution is 2.30. The predicted octanol–water partition coefficient (Wildman–Crippen LogP) is 3.21. The van der Waals surface area contributed by atoms with E-state index in [1.54, 1.807) is 13.2 Å². The smallest absolute Gasteiger partial charge is 0.291 e. The van der Waals surface area contributed by atoms with Gasteiger partial charge < -0.3 is 19.1 Å². The van der Waals surface area contributed by atoms with E-state index in [-0.39, 0.29) is 42.6 Å². The molecular weight excluding hydrogens is 475 g/mol. The van der Waals surface area contributed by atoms with E-state index in [1.165, 1.54) is 10.7 Å². The number of fused-ring (bicyclic) bond motifs is 1. The average Bonchev–Trinajstić information content (AvgIpc) is 3.58. The van der Waals surface area contributed by atoms with Crippen LogP contribution >= 0.6 is 12.4 Å². The Hall–Kier alpha value is -2.56. The van der Waals surface area contributed by atoms with Crippen molar-refractivity contribution in [3.05, 3.63) is 35.6 Å². The monoisotopic (exact) mass is 506 g/mol. The van der Waals surface area contributed by atoms with Gasteiger partial charge in [-0.1, -0.05) is 19.1 Å². The summed E-state index contributed by atoms with van der Waals surface area (Å²) in [5.74, 6) is 1.27. The van der Waals surface area contributed by atoms with Crippen molar-refractivity contribution in [2.75, 3.05) is 46.4 Å². The Labute approximate surface area is 210 Å². The number of nitrogens with zero attached hydrogens (tertiary/aromatic N) is 6. The lowest BCUT2D eigenvalue weighted by molar-refractivity contribution is -0.134. The third kappa shape index (κ3) is 5.19. The molecule has 2 fully saturated rings. The molecule has 0 spiro atoms. The van der Waals surface area contributed by atoms with Crippen molar-refractivity contribution in [3.63, 3.8) is 0 Å². The van der Waals surface area contributed by atoms with Crippen molar-refractivity contribution in [1.82, 2.24) is 29.7 Å². The van der Waals surface area contributed by atoms with Crippen LogP contribution in [0.15, 0.2) is 22.7 Å². The summed E-state index contributed by atoms with van der Waals surface area (Å²) in [6.07, 6.45) is 3.58. The van der Waals surface area contributed by atoms with Crippen molar-refractivity contribution in [3.8, 4) is 5.95 Å². The second-order valence-electron chi connectivity index (χ2n) is 9.28. The molecule has 35 heavy (non-hydrogen) atoms. The van der Waals surface area contributed by atoms with E-state index in [2.05, 4.69) is 20.1 Å². The maximum Gasteiger partial charge on any atom is 0.291 e. The lowest BCUT2D eigenvalue weighted by Gasteiger charge is -2.32. The fraction of sp³-hybridized carbons (Fsp3) is 0.583. The molecule has 0 unspecified atom stereocenters. The fourth-order valence-electron chi connectivity index (χ4n) is 5.22. The van der Waals surface area contributed by atoms with Gasteiger partial charge in [-0.05, 0) is 55.9 Å². The lowest BCUT2D eigenvalue weighted by Crippen LogP contribution is -2.38. The summed E-state index contributed by atoms with van der Waals surface area (Å²) in [7, 11) is 1.56. The molecule has 4 heterocycles. The molecule has 0 aliphatic carbocycles. The minimum absolute atomic E-state index is 0. The zero-order chi connectivity index (χ0) is 23.7. The molecule has 2 aromatic heterocycles. The summed E-state index contributed by atoms with van der Waals surface area (Å²) in [6, 6.07) is 4.99. The molecule has 2 saturated heterocycles. The number of aromatic nitrogens is 4. The van der Waals surface area contributed by atoms with Gasteiger partial charge in [0, 0.05) is 38.0 Å². The Morgan fingerprint density at radius 1 is 1.23 bits per heavy atom. The summed E-state index contributed by atoms with van der Waals surface area (Å²) >= 11 is 0. The first-order valence-corrected chi connectivity index (χ1v) is 12.1. The van der Waals surface area contributed by atoms with Gasteiger partial charge in [-0.25, -0.2) is 4.39 Å². The van der Waals surface area contributed by atoms with Crippen molar-refractivity contribution >= 4 is 29.2 Å². The first-order valence-electron chi connectivity index (χ1n) is 12.1. The number of carbonyl (C=O) groups excluding carboxylic acids is 1. The molecule has 3 aromatic rings. The van der Waals surface area contributed by atoms with Crippen LogP contribution in [0.4, 0.5) is 4.39 Å². The highest BCUT2D eigenvalue weighted by Gasteiger charge is 2.31. The van der Waals surface area contributed by atoms with Crippen LogP contribution in [0.5, 0.6) is 0 Å². The number of rotatable bonds is 7. The van der Waals surface area contributed by atoms with Crippen LogP contribution in [0.3, 0.4) is 0 Å². The number of hydrogen-bond acceptors (Lipinski definition) is 7. The van der Waals surface area contributed by atoms with Crippen molar-refractivity contribution in [2.24, 2.45) is 5.92 Å². The van der Waals surface area contributed by atoms with E-state index in [1.807, 2.05) is 17.9 Å². The minimum atomic E-state index is -0.348. The van der Waals surface area contributed by atoms with Gasteiger partial charge in [0.2, 0.25) is 11.8 Å². The number of methoxy groups -OCH3 is 1. The van der Waals surface area contributed by atoms with E-state index in [4.69, 9.17) is 9.26 Å². The maximum absolute atomic E-state index is 14.6. The zero-order valence-corrected chi connectivity index (χ0v) is 21.0. The molecule has 2 aliphatic heterocycles. The summed E-state index contributed by atoms with van der Waals surface area (Å²) in [5.41, 5.74) is 1.19. The third-order valence-electron chi connectivity index (χ3n) is 7.05. The molecular formula is C24H32ClFN6O3. The highest BCUT2D eigenvalue weighted by molar-refractivity contribution is 5.85. The number of piperidine rings is 1. The molecule has 0 radical (unpaired) electrons. The van der Waals surface area contributed by atoms with Gasteiger partial charge in [0.05, 0.1) is 5.69 Å². The standard InChI is InChI=1S/C24H31FN6O3.ClH/c1-3-20-18-5-4-6-19(25)22(18)31(27-20)24-26-23(34-28-24)17-8-10-29(11-9-17)13-16-7-12-30(14-16)21(32)15-33-2;/h4-6,16-17H,3,7-15H2,1-2H3;1H/t16-;/m1./s1. The van der Waals surface area contributed by atoms with E-state index in [0.29, 0.717) is 23.7 Å². The Balaban J connectivity index is 0.00000289. The Morgan fingerprint density at radius 2 is 2.03 bits per heavy atom. The molecule has 0 bridgehead atoms. The number of carbonyl (C=O) groups is 1. The lowest BCUT2D eigenvalue weighted by atomic mass is 9.95. The van der Waals surface area contributed by atoms with Crippen LogP contribution in [-0.2, 0) is 16.0 Å². The summed E-state index contributed by atoms with van der Waals surface area (Å²) < 4.78 is 26.6. The second kappa shape index (κ2) is 11.0. The first-order chi connectivity index (χ1) is 16.6. The summed E-state index contributed by atoms with van der Waals surface area (Å²) in [6.45, 7) is 6.67. The van der Waals surface area contributed by atoms with Crippen LogP contribution in [-0.4, -0.2) is 82.1 Å². The number of benzene rings is 1. The summed E-state index contributed by atoms with van der Waals surface area (Å²) in [5, 5.41) is 9.45. The van der Waals surface area contributed by atoms with Crippen LogP contribution in [0, 0.1) is 11.7 Å². The molecule has 11 heteroatoms. The maximum atomic E-state index is 14.6. The normalized spacial score (nSPS) is 19.4. The topological polar surface area (TPSA) is 89.5 Å². The Kier molecular flexibility index (Phi) is 8.03. The fourth-order valence-corrected chi connectivity index (χ4v) is 5.22. The first kappa shape index (κ1) is 25.5. The summed E-state index contributed by atoms with van der Waals surface area (Å²) in [4.78, 5) is 21.0. The third-order valence-corrected chi connectivity index (χ3v) is 7.05. The molecule has 1 amide bonds.